The fraction of sp³-hybridized carbons (Fsp3) is 0.0952. The lowest BCUT2D eigenvalue weighted by atomic mass is 10.3. The van der Waals surface area contributed by atoms with Gasteiger partial charge in [-0.25, -0.2) is 16.5 Å². The van der Waals surface area contributed by atoms with Gasteiger partial charge in [0.25, 0.3) is 0 Å². The highest BCUT2D eigenvalue weighted by Gasteiger charge is 2.03. The molecular formula is C21H20N6S2. The number of hydrogen-bond donors (Lipinski definition) is 1. The second-order valence-corrected chi connectivity index (χ2v) is 7.28. The summed E-state index contributed by atoms with van der Waals surface area (Å²) in [7, 11) is 2.92. The van der Waals surface area contributed by atoms with Crippen LogP contribution in [0, 0.1) is 6.57 Å². The van der Waals surface area contributed by atoms with Crippen LogP contribution in [0.2, 0.25) is 0 Å². The number of hydrogen-bond acceptors (Lipinski definition) is 5. The maximum atomic E-state index is 5.83. The van der Waals surface area contributed by atoms with E-state index in [4.69, 9.17) is 6.57 Å². The van der Waals surface area contributed by atoms with Crippen LogP contribution >= 0.6 is 22.7 Å². The summed E-state index contributed by atoms with van der Waals surface area (Å²) in [5.41, 5.74) is 9.02. The van der Waals surface area contributed by atoms with E-state index >= 15 is 0 Å². The minimum atomic E-state index is 1.07. The Labute approximate surface area is 176 Å². The number of thiazole rings is 2. The first-order chi connectivity index (χ1) is 14.3. The van der Waals surface area contributed by atoms with Crippen LogP contribution in [0.1, 0.15) is 0 Å². The average molecular weight is 421 g/mol. The summed E-state index contributed by atoms with van der Waals surface area (Å²) in [6.07, 6.45) is 4.10. The van der Waals surface area contributed by atoms with Gasteiger partial charge in [0.15, 0.2) is 9.92 Å². The molecule has 0 bridgehead atoms. The number of nitrogens with two attached hydrogens (primary N) is 1. The molecule has 4 heterocycles. The fourth-order valence-corrected chi connectivity index (χ4v) is 4.26. The molecule has 0 spiro atoms. The zero-order valence-corrected chi connectivity index (χ0v) is 17.7. The van der Waals surface area contributed by atoms with Crippen LogP contribution in [-0.2, 0) is 0 Å². The molecule has 2 N–H and O–H groups in total. The van der Waals surface area contributed by atoms with Gasteiger partial charge in [0.2, 0.25) is 7.05 Å². The van der Waals surface area contributed by atoms with Crippen LogP contribution in [0.3, 0.4) is 0 Å². The number of fused-ring (bicyclic) bond motifs is 6. The van der Waals surface area contributed by atoms with E-state index in [1.54, 1.807) is 22.7 Å². The Balaban J connectivity index is 0.000000136. The largest absolute Gasteiger partial charge is 0.333 e. The van der Waals surface area contributed by atoms with E-state index in [1.165, 1.54) is 25.1 Å². The van der Waals surface area contributed by atoms with Gasteiger partial charge in [-0.15, -0.1) is 22.7 Å². The summed E-state index contributed by atoms with van der Waals surface area (Å²) >= 11 is 3.33. The predicted molar refractivity (Wildman–Crippen MR) is 124 cm³/mol. The molecule has 0 fully saturated rings. The topological polar surface area (TPSA) is 65.0 Å². The molecule has 29 heavy (non-hydrogen) atoms. The molecule has 0 unspecified atom stereocenters. The molecule has 6 nitrogen and oxygen atoms in total. The number of para-hydroxylation sites is 4. The third-order valence-electron chi connectivity index (χ3n) is 3.89. The van der Waals surface area contributed by atoms with Gasteiger partial charge >= 0.3 is 0 Å². The Hall–Kier alpha value is -3.25. The summed E-state index contributed by atoms with van der Waals surface area (Å²) in [4.78, 5) is 13.8. The minimum absolute atomic E-state index is 1.07. The lowest BCUT2D eigenvalue weighted by Crippen LogP contribution is -1.73. The highest BCUT2D eigenvalue weighted by Crippen LogP contribution is 2.20. The van der Waals surface area contributed by atoms with Gasteiger partial charge in [0.1, 0.15) is 0 Å². The van der Waals surface area contributed by atoms with Crippen molar-refractivity contribution in [2.24, 2.45) is 5.73 Å². The highest BCUT2D eigenvalue weighted by atomic mass is 32.1. The number of imidazole rings is 2. The van der Waals surface area contributed by atoms with Crippen molar-refractivity contribution in [2.75, 3.05) is 14.1 Å². The SMILES string of the molecule is CN.[C-]#[N+]C.c1ccc2c(c1)nc1sccn12.c1ccc2c(c1)nc1sccn12. The molecule has 6 aromatic rings. The Morgan fingerprint density at radius 3 is 1.59 bits per heavy atom. The number of rotatable bonds is 0. The Kier molecular flexibility index (Phi) is 6.92. The van der Waals surface area contributed by atoms with Crippen LogP contribution in [-0.4, -0.2) is 32.9 Å². The molecule has 0 aliphatic rings. The minimum Gasteiger partial charge on any atom is -0.333 e. The maximum Gasteiger partial charge on any atom is 0.205 e. The summed E-state index contributed by atoms with van der Waals surface area (Å²) in [6.45, 7) is 5.83. The van der Waals surface area contributed by atoms with Crippen LogP contribution in [0.5, 0.6) is 0 Å². The molecule has 0 aliphatic heterocycles. The molecule has 0 radical (unpaired) electrons. The number of aromatic nitrogens is 4. The first-order valence-electron chi connectivity index (χ1n) is 8.75. The summed E-state index contributed by atoms with van der Waals surface area (Å²) in [5, 5.41) is 4.10. The van der Waals surface area contributed by atoms with E-state index in [2.05, 4.69) is 64.6 Å². The quantitative estimate of drug-likeness (QED) is 0.343. The third-order valence-corrected chi connectivity index (χ3v) is 5.41. The molecule has 0 aliphatic carbocycles. The van der Waals surface area contributed by atoms with Gasteiger partial charge in [0.05, 0.1) is 22.1 Å². The van der Waals surface area contributed by atoms with Gasteiger partial charge in [-0.2, -0.15) is 0 Å². The molecule has 6 rings (SSSR count). The number of nitrogens with zero attached hydrogens (tertiary/aromatic N) is 5. The van der Waals surface area contributed by atoms with Crippen molar-refractivity contribution in [1.82, 2.24) is 18.8 Å². The fourth-order valence-electron chi connectivity index (χ4n) is 2.80. The first kappa shape index (κ1) is 20.5. The lowest BCUT2D eigenvalue weighted by molar-refractivity contribution is 1.28. The molecule has 146 valence electrons. The molecule has 0 amide bonds. The molecule has 8 heteroatoms. The first-order valence-corrected chi connectivity index (χ1v) is 10.5. The standard InChI is InChI=1S/2C9H6N2S.C2H3N.CH5N/c2*1-2-4-8-7(3-1)10-9-11(8)5-6-12-9;1-3-2;1-2/h2*1-6H;1H3;2H2,1H3. The Morgan fingerprint density at radius 2 is 1.17 bits per heavy atom. The predicted octanol–water partition coefficient (Wildman–Crippen LogP) is 5.21. The maximum absolute atomic E-state index is 5.83. The smallest absolute Gasteiger partial charge is 0.205 e. The van der Waals surface area contributed by atoms with Crippen molar-refractivity contribution in [1.29, 1.82) is 0 Å². The van der Waals surface area contributed by atoms with E-state index in [0.29, 0.717) is 0 Å². The van der Waals surface area contributed by atoms with Crippen molar-refractivity contribution in [3.05, 3.63) is 83.1 Å². The Morgan fingerprint density at radius 1 is 0.793 bits per heavy atom. The van der Waals surface area contributed by atoms with Crippen LogP contribution in [0.4, 0.5) is 0 Å². The molecule has 2 aromatic carbocycles. The lowest BCUT2D eigenvalue weighted by Gasteiger charge is -1.86. The van der Waals surface area contributed by atoms with Crippen LogP contribution in [0.15, 0.2) is 71.7 Å². The van der Waals surface area contributed by atoms with Crippen molar-refractivity contribution in [3.8, 4) is 0 Å². The van der Waals surface area contributed by atoms with Crippen molar-refractivity contribution < 1.29 is 0 Å². The van der Waals surface area contributed by atoms with E-state index < -0.39 is 0 Å². The summed E-state index contributed by atoms with van der Waals surface area (Å²) in [5.74, 6) is 0. The summed E-state index contributed by atoms with van der Waals surface area (Å²) in [6, 6.07) is 16.3. The third kappa shape index (κ3) is 4.27. The van der Waals surface area contributed by atoms with Crippen LogP contribution in [0.25, 0.3) is 36.8 Å². The normalized spacial score (nSPS) is 9.86. The summed E-state index contributed by atoms with van der Waals surface area (Å²) < 4.78 is 4.22. The second kappa shape index (κ2) is 9.80. The van der Waals surface area contributed by atoms with Crippen molar-refractivity contribution in [2.45, 2.75) is 0 Å². The monoisotopic (exact) mass is 420 g/mol. The molecular weight excluding hydrogens is 400 g/mol. The molecule has 0 saturated carbocycles. The van der Waals surface area contributed by atoms with E-state index in [1.807, 2.05) is 36.4 Å². The Bertz CT molecular complexity index is 1260. The van der Waals surface area contributed by atoms with Gasteiger partial charge in [-0.1, -0.05) is 24.3 Å². The van der Waals surface area contributed by atoms with Gasteiger partial charge in [-0.3, -0.25) is 8.80 Å². The zero-order chi connectivity index (χ0) is 20.6. The highest BCUT2D eigenvalue weighted by molar-refractivity contribution is 7.15. The van der Waals surface area contributed by atoms with E-state index in [0.717, 1.165) is 21.0 Å². The van der Waals surface area contributed by atoms with Crippen molar-refractivity contribution >= 4 is 54.7 Å². The van der Waals surface area contributed by atoms with Crippen LogP contribution < -0.4 is 5.73 Å². The van der Waals surface area contributed by atoms with Gasteiger partial charge in [-0.05, 0) is 31.3 Å². The van der Waals surface area contributed by atoms with E-state index in [9.17, 15) is 0 Å². The molecule has 0 atom stereocenters. The zero-order valence-electron chi connectivity index (χ0n) is 16.1. The average Bonchev–Trinajstić information content (AvgIpc) is 3.51. The van der Waals surface area contributed by atoms with E-state index in [-0.39, 0.29) is 0 Å². The second-order valence-electron chi connectivity index (χ2n) is 5.54. The van der Waals surface area contributed by atoms with Crippen molar-refractivity contribution in [3.63, 3.8) is 0 Å². The molecule has 4 aromatic heterocycles. The van der Waals surface area contributed by atoms with Gasteiger partial charge < -0.3 is 10.6 Å². The molecule has 0 saturated heterocycles. The van der Waals surface area contributed by atoms with Gasteiger partial charge in [0, 0.05) is 23.2 Å². The number of benzene rings is 2.